The average Bonchev–Trinajstić information content (AvgIpc) is 2.72. The molecule has 0 amide bonds. The number of carboxylic acid groups (broad SMARTS) is 1. The number of unbranched alkanes of at least 4 members (excludes halogenated alkanes) is 7. The molecule has 2 rings (SSSR count). The highest BCUT2D eigenvalue weighted by molar-refractivity contribution is 5.90. The van der Waals surface area contributed by atoms with Gasteiger partial charge in [-0.15, -0.1) is 5.11 Å². The average molecular weight is 385 g/mol. The van der Waals surface area contributed by atoms with Crippen LogP contribution >= 0.6 is 0 Å². The maximum Gasteiger partial charge on any atom is 0.335 e. The highest BCUT2D eigenvalue weighted by atomic mass is 16.5. The topological polar surface area (TPSA) is 71.2 Å². The molecule has 0 radical (unpaired) electrons. The Hall–Kier alpha value is -2.27. The maximum atomic E-state index is 11.2. The molecule has 0 saturated carbocycles. The van der Waals surface area contributed by atoms with Crippen LogP contribution in [0, 0.1) is 0 Å². The summed E-state index contributed by atoms with van der Waals surface area (Å²) < 4.78 is 6.08. The first-order valence-electron chi connectivity index (χ1n) is 10.4. The lowest BCUT2D eigenvalue weighted by atomic mass is 10.00. The van der Waals surface area contributed by atoms with E-state index in [-0.39, 0.29) is 5.57 Å². The highest BCUT2D eigenvalue weighted by Gasteiger charge is 2.30. The van der Waals surface area contributed by atoms with Gasteiger partial charge in [0.1, 0.15) is 0 Å². The molecule has 1 aromatic carbocycles. The lowest BCUT2D eigenvalue weighted by molar-refractivity contribution is -0.132. The van der Waals surface area contributed by atoms with Crippen LogP contribution in [0.4, 0.5) is 5.69 Å². The smallest absolute Gasteiger partial charge is 0.335 e. The zero-order valence-electron chi connectivity index (χ0n) is 16.8. The van der Waals surface area contributed by atoms with Crippen molar-refractivity contribution in [3.8, 4) is 0 Å². The summed E-state index contributed by atoms with van der Waals surface area (Å²) in [5, 5.41) is 17.9. The van der Waals surface area contributed by atoms with Gasteiger partial charge in [-0.3, -0.25) is 0 Å². The van der Waals surface area contributed by atoms with E-state index in [2.05, 4.69) is 17.2 Å². The Morgan fingerprint density at radius 3 is 2.36 bits per heavy atom. The molecule has 28 heavy (non-hydrogen) atoms. The van der Waals surface area contributed by atoms with Crippen LogP contribution in [-0.2, 0) is 9.53 Å². The van der Waals surface area contributed by atoms with Crippen molar-refractivity contribution in [3.63, 3.8) is 0 Å². The molecule has 1 unspecified atom stereocenters. The van der Waals surface area contributed by atoms with Crippen LogP contribution in [0.25, 0.3) is 0 Å². The third-order valence-corrected chi connectivity index (χ3v) is 4.83. The highest BCUT2D eigenvalue weighted by Crippen LogP contribution is 2.29. The fourth-order valence-electron chi connectivity index (χ4n) is 3.10. The molecule has 0 spiro atoms. The van der Waals surface area contributed by atoms with Crippen LogP contribution < -0.4 is 0 Å². The molecule has 0 aliphatic heterocycles. The Morgan fingerprint density at radius 1 is 1.07 bits per heavy atom. The van der Waals surface area contributed by atoms with Gasteiger partial charge in [0.2, 0.25) is 5.72 Å². The molecule has 152 valence electrons. The van der Waals surface area contributed by atoms with Gasteiger partial charge in [-0.25, -0.2) is 4.79 Å². The van der Waals surface area contributed by atoms with Crippen LogP contribution in [0.15, 0.2) is 64.4 Å². The van der Waals surface area contributed by atoms with Crippen molar-refractivity contribution in [2.45, 2.75) is 70.4 Å². The second-order valence-electron chi connectivity index (χ2n) is 7.21. The van der Waals surface area contributed by atoms with Crippen molar-refractivity contribution in [2.75, 3.05) is 6.61 Å². The summed E-state index contributed by atoms with van der Waals surface area (Å²) in [5.74, 6) is -0.937. The number of hydrogen-bond acceptors (Lipinski definition) is 4. The van der Waals surface area contributed by atoms with Gasteiger partial charge in [0, 0.05) is 13.0 Å². The summed E-state index contributed by atoms with van der Waals surface area (Å²) in [6, 6.07) is 9.49. The molecule has 0 saturated heterocycles. The van der Waals surface area contributed by atoms with Gasteiger partial charge in [0.15, 0.2) is 0 Å². The Kier molecular flexibility index (Phi) is 9.63. The summed E-state index contributed by atoms with van der Waals surface area (Å²) in [5.41, 5.74) is 0.0933. The van der Waals surface area contributed by atoms with E-state index in [0.29, 0.717) is 13.0 Å². The summed E-state index contributed by atoms with van der Waals surface area (Å²) in [6.07, 6.45) is 15.2. The number of hydrogen-bond donors (Lipinski definition) is 1. The molecule has 5 heteroatoms. The minimum atomic E-state index is -0.937. The van der Waals surface area contributed by atoms with E-state index in [1.807, 2.05) is 30.3 Å². The summed E-state index contributed by atoms with van der Waals surface area (Å²) in [6.45, 7) is 2.82. The van der Waals surface area contributed by atoms with Crippen molar-refractivity contribution < 1.29 is 14.6 Å². The van der Waals surface area contributed by atoms with Crippen molar-refractivity contribution in [1.29, 1.82) is 0 Å². The quantitative estimate of drug-likeness (QED) is 0.308. The van der Waals surface area contributed by atoms with E-state index in [1.165, 1.54) is 38.5 Å². The van der Waals surface area contributed by atoms with E-state index < -0.39 is 11.7 Å². The Balaban J connectivity index is 1.85. The first kappa shape index (κ1) is 22.0. The fourth-order valence-corrected chi connectivity index (χ4v) is 3.10. The molecule has 0 heterocycles. The maximum absolute atomic E-state index is 11.2. The van der Waals surface area contributed by atoms with Gasteiger partial charge < -0.3 is 9.84 Å². The van der Waals surface area contributed by atoms with E-state index in [1.54, 1.807) is 18.2 Å². The molecule has 1 aromatic rings. The monoisotopic (exact) mass is 384 g/mol. The minimum absolute atomic E-state index is 0.265. The van der Waals surface area contributed by atoms with Crippen LogP contribution in [0.5, 0.6) is 0 Å². The van der Waals surface area contributed by atoms with Crippen molar-refractivity contribution in [3.05, 3.63) is 54.1 Å². The van der Waals surface area contributed by atoms with Gasteiger partial charge in [0.25, 0.3) is 0 Å². The predicted octanol–water partition coefficient (Wildman–Crippen LogP) is 6.59. The lowest BCUT2D eigenvalue weighted by Gasteiger charge is -2.27. The standard InChI is InChI=1S/C23H32N2O3/c1-2-3-4-5-6-7-8-12-19-28-23(17-15-20(16-18-23)22(26)27)25-24-21-13-10-9-11-14-21/h9-11,13-17H,2-8,12,18-19H2,1H3,(H,26,27). The summed E-state index contributed by atoms with van der Waals surface area (Å²) in [7, 11) is 0. The zero-order chi connectivity index (χ0) is 20.1. The molecular formula is C23H32N2O3. The number of azo groups is 1. The molecule has 1 aliphatic rings. The predicted molar refractivity (Wildman–Crippen MR) is 112 cm³/mol. The molecule has 0 bridgehead atoms. The van der Waals surface area contributed by atoms with Crippen LogP contribution in [0.1, 0.15) is 64.7 Å². The number of nitrogens with zero attached hydrogens (tertiary/aromatic N) is 2. The Labute approximate surface area is 168 Å². The van der Waals surface area contributed by atoms with E-state index in [9.17, 15) is 4.79 Å². The molecule has 5 nitrogen and oxygen atoms in total. The molecule has 1 atom stereocenters. The van der Waals surface area contributed by atoms with Crippen molar-refractivity contribution in [2.24, 2.45) is 10.2 Å². The van der Waals surface area contributed by atoms with Crippen molar-refractivity contribution in [1.82, 2.24) is 0 Å². The number of carbonyl (C=O) groups is 1. The van der Waals surface area contributed by atoms with Crippen LogP contribution in [0.3, 0.4) is 0 Å². The normalized spacial score (nSPS) is 19.1. The summed E-state index contributed by atoms with van der Waals surface area (Å²) in [4.78, 5) is 11.2. The second kappa shape index (κ2) is 12.2. The first-order chi connectivity index (χ1) is 13.7. The lowest BCUT2D eigenvalue weighted by Crippen LogP contribution is -2.29. The van der Waals surface area contributed by atoms with Crippen LogP contribution in [-0.4, -0.2) is 23.4 Å². The fraction of sp³-hybridized carbons (Fsp3) is 0.522. The van der Waals surface area contributed by atoms with Crippen molar-refractivity contribution >= 4 is 11.7 Å². The zero-order valence-corrected chi connectivity index (χ0v) is 16.8. The number of ether oxygens (including phenoxy) is 1. The largest absolute Gasteiger partial charge is 0.478 e. The van der Waals surface area contributed by atoms with Gasteiger partial charge in [0.05, 0.1) is 11.3 Å². The number of benzene rings is 1. The number of rotatable bonds is 13. The van der Waals surface area contributed by atoms with Gasteiger partial charge in [-0.05, 0) is 30.7 Å². The number of carboxylic acids is 1. The van der Waals surface area contributed by atoms with E-state index in [0.717, 1.165) is 18.5 Å². The minimum Gasteiger partial charge on any atom is -0.478 e. The number of aliphatic carboxylic acids is 1. The molecule has 1 N–H and O–H groups in total. The van der Waals surface area contributed by atoms with E-state index in [4.69, 9.17) is 9.84 Å². The van der Waals surface area contributed by atoms with E-state index >= 15 is 0 Å². The van der Waals surface area contributed by atoms with Gasteiger partial charge in [-0.1, -0.05) is 76.1 Å². The third-order valence-electron chi connectivity index (χ3n) is 4.83. The Bertz CT molecular complexity index is 682. The Morgan fingerprint density at radius 2 is 1.75 bits per heavy atom. The SMILES string of the molecule is CCCCCCCCCCOC1(N=Nc2ccccc2)C=CC(C(=O)O)=CC1. The van der Waals surface area contributed by atoms with Crippen LogP contribution in [0.2, 0.25) is 0 Å². The molecule has 0 fully saturated rings. The first-order valence-corrected chi connectivity index (χ1v) is 10.4. The third kappa shape index (κ3) is 7.77. The summed E-state index contributed by atoms with van der Waals surface area (Å²) >= 11 is 0. The molecule has 0 aromatic heterocycles. The van der Waals surface area contributed by atoms with Gasteiger partial charge >= 0.3 is 5.97 Å². The van der Waals surface area contributed by atoms with Gasteiger partial charge in [-0.2, -0.15) is 5.11 Å². The molecule has 1 aliphatic carbocycles. The second-order valence-corrected chi connectivity index (χ2v) is 7.21. The molecular weight excluding hydrogens is 352 g/mol.